The van der Waals surface area contributed by atoms with Gasteiger partial charge in [-0.2, -0.15) is 0 Å². The van der Waals surface area contributed by atoms with E-state index in [1.807, 2.05) is 19.1 Å². The summed E-state index contributed by atoms with van der Waals surface area (Å²) in [5.74, 6) is -1.49. The van der Waals surface area contributed by atoms with E-state index < -0.39 is 11.8 Å². The van der Waals surface area contributed by atoms with Gasteiger partial charge in [0.2, 0.25) is 5.76 Å². The van der Waals surface area contributed by atoms with Crippen LogP contribution >= 0.6 is 0 Å². The van der Waals surface area contributed by atoms with E-state index in [1.165, 1.54) is 13.0 Å². The zero-order valence-corrected chi connectivity index (χ0v) is 13.6. The Morgan fingerprint density at radius 1 is 1.08 bits per heavy atom. The van der Waals surface area contributed by atoms with Gasteiger partial charge in [0.05, 0.1) is 17.7 Å². The van der Waals surface area contributed by atoms with Crippen molar-refractivity contribution in [3.05, 3.63) is 58.4 Å². The van der Waals surface area contributed by atoms with Crippen LogP contribution in [0.3, 0.4) is 0 Å². The number of benzene rings is 1. The molecule has 24 heavy (non-hydrogen) atoms. The van der Waals surface area contributed by atoms with Crippen LogP contribution in [0.1, 0.15) is 50.7 Å². The van der Waals surface area contributed by atoms with Crippen molar-refractivity contribution in [3.63, 3.8) is 0 Å². The normalized spacial score (nSPS) is 13.5. The van der Waals surface area contributed by atoms with Crippen molar-refractivity contribution in [2.24, 2.45) is 0 Å². The quantitative estimate of drug-likeness (QED) is 0.804. The average Bonchev–Trinajstić information content (AvgIpc) is 2.95. The smallest absolute Gasteiger partial charge is 0.375 e. The van der Waals surface area contributed by atoms with Crippen LogP contribution in [-0.4, -0.2) is 24.1 Å². The Balaban J connectivity index is 2.26. The molecular weight excluding hydrogens is 308 g/mol. The number of furan rings is 1. The third-order valence-electron chi connectivity index (χ3n) is 3.86. The highest BCUT2D eigenvalue weighted by Crippen LogP contribution is 2.36. The molecule has 5 heteroatoms. The second-order valence-electron chi connectivity index (χ2n) is 5.62. The summed E-state index contributed by atoms with van der Waals surface area (Å²) >= 11 is 0. The second-order valence-corrected chi connectivity index (χ2v) is 5.62. The summed E-state index contributed by atoms with van der Waals surface area (Å²) in [5, 5.41) is 0. The van der Waals surface area contributed by atoms with Gasteiger partial charge < -0.3 is 9.15 Å². The van der Waals surface area contributed by atoms with Crippen LogP contribution in [0.4, 0.5) is 0 Å². The molecule has 0 spiro atoms. The molecule has 0 fully saturated rings. The molecule has 1 aliphatic carbocycles. The summed E-state index contributed by atoms with van der Waals surface area (Å²) in [6.07, 6.45) is 1.27. The number of hydrogen-bond donors (Lipinski definition) is 0. The summed E-state index contributed by atoms with van der Waals surface area (Å²) in [6.45, 7) is 5.28. The fraction of sp³-hybridized carbons (Fsp3) is 0.211. The van der Waals surface area contributed by atoms with Crippen LogP contribution in [0.25, 0.3) is 11.3 Å². The largest absolute Gasteiger partial charge is 0.460 e. The first kappa shape index (κ1) is 15.9. The van der Waals surface area contributed by atoms with Gasteiger partial charge in [0.1, 0.15) is 5.76 Å². The molecule has 1 heterocycles. The van der Waals surface area contributed by atoms with Gasteiger partial charge in [0.15, 0.2) is 11.6 Å². The van der Waals surface area contributed by atoms with E-state index in [4.69, 9.17) is 9.15 Å². The number of rotatable bonds is 3. The Kier molecular flexibility index (Phi) is 3.93. The molecule has 1 aromatic carbocycles. The van der Waals surface area contributed by atoms with E-state index in [0.717, 1.165) is 5.56 Å². The lowest BCUT2D eigenvalue weighted by atomic mass is 9.89. The van der Waals surface area contributed by atoms with Crippen LogP contribution in [0, 0.1) is 6.92 Å². The van der Waals surface area contributed by atoms with E-state index in [9.17, 15) is 14.4 Å². The molecule has 1 aromatic heterocycles. The van der Waals surface area contributed by atoms with E-state index in [1.54, 1.807) is 19.1 Å². The fourth-order valence-corrected chi connectivity index (χ4v) is 2.66. The number of allylic oxidation sites excluding steroid dienone is 2. The molecule has 1 aliphatic rings. The number of carbonyl (C=O) groups is 3. The Labute approximate surface area is 138 Å². The van der Waals surface area contributed by atoms with Crippen molar-refractivity contribution in [3.8, 4) is 11.3 Å². The van der Waals surface area contributed by atoms with Crippen molar-refractivity contribution >= 4 is 17.5 Å². The van der Waals surface area contributed by atoms with E-state index in [0.29, 0.717) is 5.56 Å². The summed E-state index contributed by atoms with van der Waals surface area (Å²) < 4.78 is 10.6. The maximum Gasteiger partial charge on any atom is 0.375 e. The number of ether oxygens (including phenoxy) is 1. The molecular formula is C19H16O5. The molecule has 5 nitrogen and oxygen atoms in total. The Morgan fingerprint density at radius 3 is 2.38 bits per heavy atom. The Morgan fingerprint density at radius 2 is 1.75 bits per heavy atom. The van der Waals surface area contributed by atoms with Crippen LogP contribution in [-0.2, 0) is 4.74 Å². The maximum atomic E-state index is 12.5. The standard InChI is InChI=1S/C19H16O5/c1-4-23-19(22)18-15-14(13(20)9-11(3)16(15)21)17(24-18)12-7-5-10(2)6-8-12/h5-9H,4H2,1-3H3. The molecule has 122 valence electrons. The Bertz CT molecular complexity index is 881. The molecule has 0 bridgehead atoms. The molecule has 0 unspecified atom stereocenters. The third-order valence-corrected chi connectivity index (χ3v) is 3.86. The average molecular weight is 324 g/mol. The molecule has 0 N–H and O–H groups in total. The first-order valence-corrected chi connectivity index (χ1v) is 7.62. The minimum atomic E-state index is -0.747. The van der Waals surface area contributed by atoms with Crippen LogP contribution in [0.2, 0.25) is 0 Å². The zero-order valence-electron chi connectivity index (χ0n) is 13.6. The molecule has 0 aliphatic heterocycles. The molecule has 3 rings (SSSR count). The highest BCUT2D eigenvalue weighted by Gasteiger charge is 2.36. The summed E-state index contributed by atoms with van der Waals surface area (Å²) in [7, 11) is 0. The number of ketones is 2. The number of hydrogen-bond acceptors (Lipinski definition) is 5. The number of aryl methyl sites for hydroxylation is 1. The summed E-state index contributed by atoms with van der Waals surface area (Å²) in [4.78, 5) is 37.1. The molecule has 0 atom stereocenters. The second kappa shape index (κ2) is 5.92. The first-order valence-electron chi connectivity index (χ1n) is 7.62. The SMILES string of the molecule is CCOC(=O)c1oc(-c2ccc(C)cc2)c2c1C(=O)C(C)=CC2=O. The topological polar surface area (TPSA) is 73.6 Å². The van der Waals surface area contributed by atoms with Gasteiger partial charge >= 0.3 is 5.97 Å². The van der Waals surface area contributed by atoms with Gasteiger partial charge in [-0.05, 0) is 26.8 Å². The van der Waals surface area contributed by atoms with Crippen LogP contribution < -0.4 is 0 Å². The lowest BCUT2D eigenvalue weighted by molar-refractivity contribution is 0.0487. The molecule has 0 radical (unpaired) electrons. The Hall–Kier alpha value is -2.95. The van der Waals surface area contributed by atoms with Crippen molar-refractivity contribution in [2.45, 2.75) is 20.8 Å². The van der Waals surface area contributed by atoms with Crippen molar-refractivity contribution < 1.29 is 23.5 Å². The predicted octanol–water partition coefficient (Wildman–Crippen LogP) is 3.76. The monoisotopic (exact) mass is 324 g/mol. The number of fused-ring (bicyclic) bond motifs is 1. The summed E-state index contributed by atoms with van der Waals surface area (Å²) in [5.41, 5.74) is 2.06. The fourth-order valence-electron chi connectivity index (χ4n) is 2.66. The minimum Gasteiger partial charge on any atom is -0.460 e. The van der Waals surface area contributed by atoms with E-state index in [-0.39, 0.29) is 40.6 Å². The number of esters is 1. The molecule has 2 aromatic rings. The lowest BCUT2D eigenvalue weighted by Gasteiger charge is -2.09. The maximum absolute atomic E-state index is 12.5. The molecule has 0 amide bonds. The highest BCUT2D eigenvalue weighted by atomic mass is 16.5. The van der Waals surface area contributed by atoms with E-state index in [2.05, 4.69) is 0 Å². The van der Waals surface area contributed by atoms with Gasteiger partial charge in [-0.15, -0.1) is 0 Å². The van der Waals surface area contributed by atoms with Gasteiger partial charge in [-0.3, -0.25) is 9.59 Å². The van der Waals surface area contributed by atoms with Crippen LogP contribution in [0.15, 0.2) is 40.3 Å². The minimum absolute atomic E-state index is 0.00553. The lowest BCUT2D eigenvalue weighted by Crippen LogP contribution is -2.18. The third kappa shape index (κ3) is 2.48. The van der Waals surface area contributed by atoms with Gasteiger partial charge in [-0.1, -0.05) is 29.8 Å². The van der Waals surface area contributed by atoms with Gasteiger partial charge in [0.25, 0.3) is 0 Å². The predicted molar refractivity (Wildman–Crippen MR) is 87.3 cm³/mol. The van der Waals surface area contributed by atoms with Crippen molar-refractivity contribution in [1.29, 1.82) is 0 Å². The zero-order chi connectivity index (χ0) is 17.4. The van der Waals surface area contributed by atoms with Crippen molar-refractivity contribution in [1.82, 2.24) is 0 Å². The molecule has 0 saturated carbocycles. The van der Waals surface area contributed by atoms with Crippen molar-refractivity contribution in [2.75, 3.05) is 6.61 Å². The molecule has 0 saturated heterocycles. The number of carbonyl (C=O) groups excluding carboxylic acids is 3. The van der Waals surface area contributed by atoms with Gasteiger partial charge in [0, 0.05) is 11.1 Å². The highest BCUT2D eigenvalue weighted by molar-refractivity contribution is 6.28. The van der Waals surface area contributed by atoms with E-state index >= 15 is 0 Å². The number of Topliss-reactive ketones (excluding diaryl/α,β-unsaturated/α-hetero) is 1. The first-order chi connectivity index (χ1) is 11.4. The summed E-state index contributed by atoms with van der Waals surface area (Å²) in [6, 6.07) is 7.30. The van der Waals surface area contributed by atoms with Crippen LogP contribution in [0.5, 0.6) is 0 Å². The van der Waals surface area contributed by atoms with Gasteiger partial charge in [-0.25, -0.2) is 4.79 Å².